The first-order valence-corrected chi connectivity index (χ1v) is 9.07. The van der Waals surface area contributed by atoms with E-state index in [1.807, 2.05) is 6.92 Å². The van der Waals surface area contributed by atoms with E-state index in [4.69, 9.17) is 23.2 Å². The van der Waals surface area contributed by atoms with E-state index in [1.54, 1.807) is 22.8 Å². The molecule has 0 bridgehead atoms. The topological polar surface area (TPSA) is 105 Å². The van der Waals surface area contributed by atoms with Gasteiger partial charge in [0.1, 0.15) is 5.56 Å². The van der Waals surface area contributed by atoms with Crippen molar-refractivity contribution in [3.63, 3.8) is 0 Å². The van der Waals surface area contributed by atoms with Crippen LogP contribution in [0.4, 0.5) is 0 Å². The molecule has 0 saturated heterocycles. The average Bonchev–Trinajstić information content (AvgIpc) is 2.65. The third-order valence-corrected chi connectivity index (χ3v) is 4.96. The number of carbonyl (C=O) groups is 1. The van der Waals surface area contributed by atoms with Crippen molar-refractivity contribution in [3.05, 3.63) is 84.0 Å². The van der Waals surface area contributed by atoms with E-state index in [0.29, 0.717) is 28.5 Å². The molecule has 1 aromatic carbocycles. The summed E-state index contributed by atoms with van der Waals surface area (Å²) in [5.74, 6) is -1.33. The van der Waals surface area contributed by atoms with E-state index in [0.717, 1.165) is 0 Å². The van der Waals surface area contributed by atoms with Crippen molar-refractivity contribution in [3.8, 4) is 11.3 Å². The first-order chi connectivity index (χ1) is 13.3. The van der Waals surface area contributed by atoms with Gasteiger partial charge in [0.2, 0.25) is 0 Å². The SMILES string of the molecule is CCn1c(Cc2ccc(=O)[nH]n2)cc(=O)c(C(=O)O)c1-c1ccc(Cl)c(Cl)c1. The molecule has 0 atom stereocenters. The maximum Gasteiger partial charge on any atom is 0.341 e. The van der Waals surface area contributed by atoms with Gasteiger partial charge in [-0.2, -0.15) is 5.10 Å². The van der Waals surface area contributed by atoms with E-state index in [-0.39, 0.29) is 28.3 Å². The molecule has 3 aromatic rings. The number of halogens is 2. The van der Waals surface area contributed by atoms with Crippen LogP contribution in [0.15, 0.2) is 46.0 Å². The molecule has 28 heavy (non-hydrogen) atoms. The van der Waals surface area contributed by atoms with Crippen molar-refractivity contribution < 1.29 is 9.90 Å². The molecule has 9 heteroatoms. The number of aromatic nitrogens is 3. The Bertz CT molecular complexity index is 1160. The second-order valence-corrected chi connectivity index (χ2v) is 6.81. The van der Waals surface area contributed by atoms with Crippen LogP contribution in [0.3, 0.4) is 0 Å². The number of hydrogen-bond acceptors (Lipinski definition) is 4. The fourth-order valence-electron chi connectivity index (χ4n) is 3.01. The Kier molecular flexibility index (Phi) is 5.67. The second kappa shape index (κ2) is 8.00. The molecule has 0 unspecified atom stereocenters. The summed E-state index contributed by atoms with van der Waals surface area (Å²) in [5, 5.41) is 16.5. The first-order valence-electron chi connectivity index (χ1n) is 8.31. The first kappa shape index (κ1) is 19.9. The number of pyridine rings is 1. The molecule has 0 aliphatic rings. The van der Waals surface area contributed by atoms with Gasteiger partial charge in [-0.05, 0) is 25.1 Å². The molecule has 0 spiro atoms. The van der Waals surface area contributed by atoms with Crippen LogP contribution >= 0.6 is 23.2 Å². The highest BCUT2D eigenvalue weighted by molar-refractivity contribution is 6.42. The predicted molar refractivity (Wildman–Crippen MR) is 106 cm³/mol. The highest BCUT2D eigenvalue weighted by Crippen LogP contribution is 2.30. The van der Waals surface area contributed by atoms with Crippen LogP contribution in [0.25, 0.3) is 11.3 Å². The molecule has 2 heterocycles. The lowest BCUT2D eigenvalue weighted by atomic mass is 10.0. The largest absolute Gasteiger partial charge is 0.477 e. The van der Waals surface area contributed by atoms with Crippen LogP contribution in [0.1, 0.15) is 28.7 Å². The van der Waals surface area contributed by atoms with Crippen LogP contribution in [0.2, 0.25) is 10.0 Å². The van der Waals surface area contributed by atoms with Gasteiger partial charge in [0.25, 0.3) is 5.56 Å². The third-order valence-electron chi connectivity index (χ3n) is 4.22. The lowest BCUT2D eigenvalue weighted by molar-refractivity contribution is 0.0695. The summed E-state index contributed by atoms with van der Waals surface area (Å²) in [6.45, 7) is 2.23. The van der Waals surface area contributed by atoms with Crippen LogP contribution in [-0.4, -0.2) is 25.8 Å². The van der Waals surface area contributed by atoms with Gasteiger partial charge in [-0.1, -0.05) is 29.3 Å². The molecule has 2 aromatic heterocycles. The minimum Gasteiger partial charge on any atom is -0.477 e. The summed E-state index contributed by atoms with van der Waals surface area (Å²) in [4.78, 5) is 35.6. The third kappa shape index (κ3) is 3.85. The highest BCUT2D eigenvalue weighted by Gasteiger charge is 2.22. The molecule has 2 N–H and O–H groups in total. The van der Waals surface area contributed by atoms with Gasteiger partial charge in [-0.25, -0.2) is 9.89 Å². The fourth-order valence-corrected chi connectivity index (χ4v) is 3.31. The van der Waals surface area contributed by atoms with Gasteiger partial charge in [-0.15, -0.1) is 0 Å². The maximum absolute atomic E-state index is 12.6. The number of aromatic amines is 1. The number of H-pyrrole nitrogens is 1. The standard InChI is InChI=1S/C19H15Cl2N3O4/c1-2-24-12(8-11-4-6-16(26)23-22-11)9-15(25)17(19(27)28)18(24)10-3-5-13(20)14(21)7-10/h3-7,9H,2,8H2,1H3,(H,23,26)(H,27,28). The van der Waals surface area contributed by atoms with Crippen molar-refractivity contribution in [2.75, 3.05) is 0 Å². The Morgan fingerprint density at radius 2 is 1.89 bits per heavy atom. The monoisotopic (exact) mass is 419 g/mol. The Balaban J connectivity index is 2.28. The number of hydrogen-bond donors (Lipinski definition) is 2. The lowest BCUT2D eigenvalue weighted by Crippen LogP contribution is -2.24. The molecule has 0 amide bonds. The van der Waals surface area contributed by atoms with Gasteiger partial charge in [0.05, 0.1) is 21.4 Å². The van der Waals surface area contributed by atoms with Crippen LogP contribution in [0.5, 0.6) is 0 Å². The average molecular weight is 420 g/mol. The van der Waals surface area contributed by atoms with E-state index in [1.165, 1.54) is 18.2 Å². The number of rotatable bonds is 5. The Hall–Kier alpha value is -2.90. The quantitative estimate of drug-likeness (QED) is 0.660. The van der Waals surface area contributed by atoms with E-state index in [2.05, 4.69) is 10.2 Å². The molecule has 0 saturated carbocycles. The molecule has 0 fully saturated rings. The zero-order valence-corrected chi connectivity index (χ0v) is 16.2. The molecular formula is C19H15Cl2N3O4. The van der Waals surface area contributed by atoms with Crippen LogP contribution < -0.4 is 11.0 Å². The molecule has 3 rings (SSSR count). The highest BCUT2D eigenvalue weighted by atomic mass is 35.5. The normalized spacial score (nSPS) is 10.8. The Labute approximate surface area is 169 Å². The van der Waals surface area contributed by atoms with Gasteiger partial charge in [0.15, 0.2) is 5.43 Å². The molecule has 0 aliphatic carbocycles. The van der Waals surface area contributed by atoms with E-state index >= 15 is 0 Å². The molecule has 7 nitrogen and oxygen atoms in total. The van der Waals surface area contributed by atoms with Gasteiger partial charge >= 0.3 is 5.97 Å². The Morgan fingerprint density at radius 3 is 2.46 bits per heavy atom. The van der Waals surface area contributed by atoms with Crippen molar-refractivity contribution >= 4 is 29.2 Å². The minimum atomic E-state index is -1.33. The number of benzene rings is 1. The zero-order valence-electron chi connectivity index (χ0n) is 14.7. The zero-order chi connectivity index (χ0) is 20.4. The molecule has 0 aliphatic heterocycles. The molecular weight excluding hydrogens is 405 g/mol. The van der Waals surface area contributed by atoms with Crippen molar-refractivity contribution in [2.45, 2.75) is 19.9 Å². The minimum absolute atomic E-state index is 0.230. The van der Waals surface area contributed by atoms with Gasteiger partial charge < -0.3 is 9.67 Å². The summed E-state index contributed by atoms with van der Waals surface area (Å²) in [7, 11) is 0. The molecule has 144 valence electrons. The number of carboxylic acid groups (broad SMARTS) is 1. The van der Waals surface area contributed by atoms with E-state index < -0.39 is 11.4 Å². The maximum atomic E-state index is 12.6. The number of nitrogens with one attached hydrogen (secondary N) is 1. The van der Waals surface area contributed by atoms with Crippen LogP contribution in [0, 0.1) is 0 Å². The van der Waals surface area contributed by atoms with Crippen LogP contribution in [-0.2, 0) is 13.0 Å². The number of carboxylic acids is 1. The summed E-state index contributed by atoms with van der Waals surface area (Å²) >= 11 is 12.1. The van der Waals surface area contributed by atoms with Crippen molar-refractivity contribution in [2.24, 2.45) is 0 Å². The van der Waals surface area contributed by atoms with Gasteiger partial charge in [-0.3, -0.25) is 9.59 Å². The summed E-state index contributed by atoms with van der Waals surface area (Å²) in [6, 6.07) is 8.85. The van der Waals surface area contributed by atoms with Crippen molar-refractivity contribution in [1.29, 1.82) is 0 Å². The second-order valence-electron chi connectivity index (χ2n) is 5.99. The summed E-state index contributed by atoms with van der Waals surface area (Å²) in [5.41, 5.74) is 0.468. The number of nitrogens with zero attached hydrogens (tertiary/aromatic N) is 2. The van der Waals surface area contributed by atoms with E-state index in [9.17, 15) is 19.5 Å². The lowest BCUT2D eigenvalue weighted by Gasteiger charge is -2.19. The van der Waals surface area contributed by atoms with Crippen molar-refractivity contribution in [1.82, 2.24) is 14.8 Å². The Morgan fingerprint density at radius 1 is 1.14 bits per heavy atom. The predicted octanol–water partition coefficient (Wildman–Crippen LogP) is 3.21. The fraction of sp³-hybridized carbons (Fsp3) is 0.158. The smallest absolute Gasteiger partial charge is 0.341 e. The number of aromatic carboxylic acids is 1. The summed E-state index contributed by atoms with van der Waals surface area (Å²) < 4.78 is 1.72. The van der Waals surface area contributed by atoms with Gasteiger partial charge in [0, 0.05) is 36.4 Å². The molecule has 0 radical (unpaired) electrons. The summed E-state index contributed by atoms with van der Waals surface area (Å²) in [6.07, 6.45) is 0.230.